The van der Waals surface area contributed by atoms with Gasteiger partial charge in [0.15, 0.2) is 0 Å². The van der Waals surface area contributed by atoms with E-state index in [9.17, 15) is 0 Å². The third-order valence-electron chi connectivity index (χ3n) is 3.35. The van der Waals surface area contributed by atoms with Gasteiger partial charge in [-0.25, -0.2) is 0 Å². The third-order valence-corrected chi connectivity index (χ3v) is 4.26. The molecule has 13 heavy (non-hydrogen) atoms. The van der Waals surface area contributed by atoms with Gasteiger partial charge in [0, 0.05) is 12.0 Å². The van der Waals surface area contributed by atoms with Crippen molar-refractivity contribution in [1.29, 1.82) is 0 Å². The number of aromatic nitrogens is 2. The van der Waals surface area contributed by atoms with Crippen molar-refractivity contribution in [3.05, 3.63) is 10.5 Å². The molecule has 1 fully saturated rings. The van der Waals surface area contributed by atoms with Crippen molar-refractivity contribution in [3.63, 3.8) is 0 Å². The highest BCUT2D eigenvalue weighted by atomic mass is 32.1. The Hall–Kier alpha value is -0.480. The van der Waals surface area contributed by atoms with Crippen LogP contribution in [0.5, 0.6) is 0 Å². The van der Waals surface area contributed by atoms with Crippen LogP contribution < -0.4 is 5.73 Å². The van der Waals surface area contributed by atoms with Crippen molar-refractivity contribution in [3.8, 4) is 0 Å². The highest BCUT2D eigenvalue weighted by Crippen LogP contribution is 2.45. The highest BCUT2D eigenvalue weighted by molar-refractivity contribution is 7.09. The maximum Gasteiger partial charge on any atom is 0.124 e. The molecule has 1 aliphatic rings. The Kier molecular flexibility index (Phi) is 2.34. The maximum absolute atomic E-state index is 5.89. The van der Waals surface area contributed by atoms with E-state index in [1.165, 1.54) is 19.3 Å². The van der Waals surface area contributed by atoms with Crippen LogP contribution in [-0.2, 0) is 5.41 Å². The fraction of sp³-hybridized carbons (Fsp3) is 0.778. The van der Waals surface area contributed by atoms with Gasteiger partial charge in [-0.1, -0.05) is 13.3 Å². The van der Waals surface area contributed by atoms with E-state index in [2.05, 4.69) is 17.1 Å². The summed E-state index contributed by atoms with van der Waals surface area (Å²) in [6.07, 6.45) is 3.73. The van der Waals surface area contributed by atoms with Gasteiger partial charge < -0.3 is 5.73 Å². The summed E-state index contributed by atoms with van der Waals surface area (Å²) in [4.78, 5) is 0. The zero-order valence-corrected chi connectivity index (χ0v) is 8.68. The number of nitrogens with two attached hydrogens (primary N) is 1. The lowest BCUT2D eigenvalue weighted by atomic mass is 9.79. The van der Waals surface area contributed by atoms with Crippen molar-refractivity contribution >= 4 is 11.3 Å². The third kappa shape index (κ3) is 1.28. The van der Waals surface area contributed by atoms with Crippen LogP contribution in [0.2, 0.25) is 0 Å². The summed E-state index contributed by atoms with van der Waals surface area (Å²) in [5.74, 6) is 0.658. The van der Waals surface area contributed by atoms with Gasteiger partial charge in [-0.15, -0.1) is 21.5 Å². The lowest BCUT2D eigenvalue weighted by Crippen LogP contribution is -2.37. The van der Waals surface area contributed by atoms with E-state index in [0.29, 0.717) is 12.5 Å². The minimum atomic E-state index is 0.140. The van der Waals surface area contributed by atoms with Crippen molar-refractivity contribution in [2.75, 3.05) is 6.54 Å². The van der Waals surface area contributed by atoms with Gasteiger partial charge in [-0.3, -0.25) is 0 Å². The Labute approximate surface area is 82.4 Å². The predicted octanol–water partition coefficient (Wildman–Crippen LogP) is 1.55. The zero-order chi connectivity index (χ0) is 9.31. The SMILES string of the molecule is CC1CCCC1(CN)c1nncs1. The summed E-state index contributed by atoms with van der Waals surface area (Å²) in [6.45, 7) is 2.99. The smallest absolute Gasteiger partial charge is 0.124 e. The normalized spacial score (nSPS) is 33.8. The van der Waals surface area contributed by atoms with Crippen molar-refractivity contribution in [2.45, 2.75) is 31.6 Å². The van der Waals surface area contributed by atoms with Gasteiger partial charge in [0.05, 0.1) is 0 Å². The molecule has 0 bridgehead atoms. The van der Waals surface area contributed by atoms with Gasteiger partial charge in [0.25, 0.3) is 0 Å². The molecule has 2 N–H and O–H groups in total. The van der Waals surface area contributed by atoms with Crippen LogP contribution in [0.3, 0.4) is 0 Å². The number of rotatable bonds is 2. The van der Waals surface area contributed by atoms with Crippen LogP contribution in [-0.4, -0.2) is 16.7 Å². The molecule has 0 radical (unpaired) electrons. The topological polar surface area (TPSA) is 51.8 Å². The average Bonchev–Trinajstić information content (AvgIpc) is 2.73. The molecule has 1 heterocycles. The molecule has 2 atom stereocenters. The van der Waals surface area contributed by atoms with Crippen LogP contribution in [0.15, 0.2) is 5.51 Å². The fourth-order valence-electron chi connectivity index (χ4n) is 2.34. The minimum Gasteiger partial charge on any atom is -0.329 e. The first-order valence-electron chi connectivity index (χ1n) is 4.76. The Morgan fingerprint density at radius 3 is 3.08 bits per heavy atom. The quantitative estimate of drug-likeness (QED) is 0.782. The van der Waals surface area contributed by atoms with Gasteiger partial charge in [0.1, 0.15) is 10.5 Å². The highest BCUT2D eigenvalue weighted by Gasteiger charge is 2.42. The van der Waals surface area contributed by atoms with Gasteiger partial charge in [-0.05, 0) is 18.8 Å². The van der Waals surface area contributed by atoms with E-state index in [4.69, 9.17) is 5.73 Å². The van der Waals surface area contributed by atoms with Gasteiger partial charge in [0.2, 0.25) is 0 Å². The van der Waals surface area contributed by atoms with Crippen molar-refractivity contribution in [1.82, 2.24) is 10.2 Å². The maximum atomic E-state index is 5.89. The second kappa shape index (κ2) is 3.35. The molecule has 1 saturated carbocycles. The molecule has 1 aliphatic carbocycles. The van der Waals surface area contributed by atoms with E-state index in [1.807, 2.05) is 0 Å². The van der Waals surface area contributed by atoms with Crippen LogP contribution in [0.4, 0.5) is 0 Å². The first kappa shape index (κ1) is 9.09. The minimum absolute atomic E-state index is 0.140. The summed E-state index contributed by atoms with van der Waals surface area (Å²) >= 11 is 1.65. The molecular weight excluding hydrogens is 182 g/mol. The lowest BCUT2D eigenvalue weighted by molar-refractivity contribution is 0.342. The fourth-order valence-corrected chi connectivity index (χ4v) is 3.25. The first-order chi connectivity index (χ1) is 6.29. The largest absolute Gasteiger partial charge is 0.329 e. The van der Waals surface area contributed by atoms with Crippen LogP contribution in [0.25, 0.3) is 0 Å². The molecule has 1 aromatic rings. The Bertz CT molecular complexity index is 272. The Morgan fingerprint density at radius 2 is 2.62 bits per heavy atom. The van der Waals surface area contributed by atoms with E-state index in [0.717, 1.165) is 5.01 Å². The molecule has 72 valence electrons. The van der Waals surface area contributed by atoms with E-state index < -0.39 is 0 Å². The molecule has 1 aromatic heterocycles. The molecule has 2 unspecified atom stereocenters. The molecule has 0 amide bonds. The molecule has 0 spiro atoms. The average molecular weight is 197 g/mol. The summed E-state index contributed by atoms with van der Waals surface area (Å²) in [6, 6.07) is 0. The molecular formula is C9H15N3S. The van der Waals surface area contributed by atoms with Crippen LogP contribution in [0.1, 0.15) is 31.2 Å². The number of hydrogen-bond donors (Lipinski definition) is 1. The molecule has 0 aliphatic heterocycles. The van der Waals surface area contributed by atoms with Gasteiger partial charge >= 0.3 is 0 Å². The van der Waals surface area contributed by atoms with Crippen LogP contribution in [0, 0.1) is 5.92 Å². The van der Waals surface area contributed by atoms with Crippen molar-refractivity contribution in [2.24, 2.45) is 11.7 Å². The molecule has 0 saturated heterocycles. The molecule has 2 rings (SSSR count). The summed E-state index contributed by atoms with van der Waals surface area (Å²) in [5, 5.41) is 9.23. The van der Waals surface area contributed by atoms with E-state index in [-0.39, 0.29) is 5.41 Å². The second-order valence-electron chi connectivity index (χ2n) is 3.90. The number of hydrogen-bond acceptors (Lipinski definition) is 4. The van der Waals surface area contributed by atoms with Gasteiger partial charge in [-0.2, -0.15) is 0 Å². The standard InChI is InChI=1S/C9H15N3S/c1-7-3-2-4-9(7,5-10)8-12-11-6-13-8/h6-7H,2-5,10H2,1H3. The van der Waals surface area contributed by atoms with Crippen molar-refractivity contribution < 1.29 is 0 Å². The van der Waals surface area contributed by atoms with E-state index >= 15 is 0 Å². The van der Waals surface area contributed by atoms with Crippen LogP contribution >= 0.6 is 11.3 Å². The van der Waals surface area contributed by atoms with E-state index in [1.54, 1.807) is 16.8 Å². The molecule has 0 aromatic carbocycles. The first-order valence-corrected chi connectivity index (χ1v) is 5.64. The molecule has 3 nitrogen and oxygen atoms in total. The summed E-state index contributed by atoms with van der Waals surface area (Å²) < 4.78 is 0. The molecule has 4 heteroatoms. The lowest BCUT2D eigenvalue weighted by Gasteiger charge is -2.29. The second-order valence-corrected chi connectivity index (χ2v) is 4.73. The summed E-state index contributed by atoms with van der Waals surface area (Å²) in [7, 11) is 0. The number of nitrogens with zero attached hydrogens (tertiary/aromatic N) is 2. The zero-order valence-electron chi connectivity index (χ0n) is 7.86. The Balaban J connectivity index is 2.35. The Morgan fingerprint density at radius 1 is 1.77 bits per heavy atom. The monoisotopic (exact) mass is 197 g/mol. The summed E-state index contributed by atoms with van der Waals surface area (Å²) in [5.41, 5.74) is 7.83. The predicted molar refractivity (Wildman–Crippen MR) is 53.7 cm³/mol.